The van der Waals surface area contributed by atoms with Crippen molar-refractivity contribution in [3.8, 4) is 0 Å². The van der Waals surface area contributed by atoms with Gasteiger partial charge in [-0.15, -0.1) is 0 Å². The zero-order chi connectivity index (χ0) is 29.1. The molecule has 2 heterocycles. The summed E-state index contributed by atoms with van der Waals surface area (Å²) in [5.41, 5.74) is 15.9. The minimum atomic E-state index is -1.07. The van der Waals surface area contributed by atoms with Crippen LogP contribution in [0.25, 0.3) is 0 Å². The van der Waals surface area contributed by atoms with Crippen molar-refractivity contribution in [2.75, 3.05) is 32.7 Å². The number of nitrogens with zero attached hydrogens (tertiary/aromatic N) is 3. The first-order chi connectivity index (χ1) is 18.5. The Morgan fingerprint density at radius 1 is 0.974 bits per heavy atom. The topological polar surface area (TPSA) is 256 Å². The van der Waals surface area contributed by atoms with Crippen molar-refractivity contribution < 1.29 is 33.9 Å². The quantitative estimate of drug-likeness (QED) is 0.0664. The molecule has 0 aromatic heterocycles. The van der Waals surface area contributed by atoms with E-state index in [4.69, 9.17) is 17.2 Å². The van der Waals surface area contributed by atoms with E-state index in [1.807, 2.05) is 0 Å². The molecule has 2 rings (SSSR count). The first-order valence-corrected chi connectivity index (χ1v) is 12.9. The third-order valence-corrected chi connectivity index (χ3v) is 6.63. The van der Waals surface area contributed by atoms with Crippen molar-refractivity contribution in [2.24, 2.45) is 22.2 Å². The summed E-state index contributed by atoms with van der Waals surface area (Å²) in [4.78, 5) is 80.9. The molecule has 4 atom stereocenters. The molecule has 0 radical (unpaired) electrons. The molecule has 0 aromatic rings. The van der Waals surface area contributed by atoms with Crippen molar-refractivity contribution in [1.82, 2.24) is 25.8 Å². The highest BCUT2D eigenvalue weighted by Gasteiger charge is 2.42. The van der Waals surface area contributed by atoms with Gasteiger partial charge in [0.1, 0.15) is 24.2 Å². The molecule has 16 nitrogen and oxygen atoms in total. The summed E-state index contributed by atoms with van der Waals surface area (Å²) in [5.74, 6) is -3.89. The Kier molecular flexibility index (Phi) is 11.9. The van der Waals surface area contributed by atoms with Crippen LogP contribution < -0.4 is 33.2 Å². The second-order valence-corrected chi connectivity index (χ2v) is 9.49. The van der Waals surface area contributed by atoms with Crippen LogP contribution in [0.2, 0.25) is 0 Å². The lowest BCUT2D eigenvalue weighted by Crippen LogP contribution is -2.55. The van der Waals surface area contributed by atoms with Gasteiger partial charge in [-0.05, 0) is 45.4 Å². The van der Waals surface area contributed by atoms with E-state index in [-0.39, 0.29) is 25.5 Å². The number of carboxylic acid groups (broad SMARTS) is 1. The van der Waals surface area contributed by atoms with Gasteiger partial charge in [-0.25, -0.2) is 4.79 Å². The molecule has 2 aliphatic heterocycles. The van der Waals surface area contributed by atoms with Crippen LogP contribution in [0.4, 0.5) is 0 Å². The molecule has 0 unspecified atom stereocenters. The summed E-state index contributed by atoms with van der Waals surface area (Å²) in [5, 5.41) is 16.8. The van der Waals surface area contributed by atoms with Crippen molar-refractivity contribution in [3.05, 3.63) is 0 Å². The standard InChI is InChI=1S/C23H39N9O7/c1-13(29-20(36)14(30-17(33)11-24)5-2-8-27-23(25)26)19(35)28-12-18(34)31-9-3-6-15(31)21(37)32-10-4-7-16(32)22(38)39/h13-16H,2-12,24H2,1H3,(H,28,35)(H,29,36)(H,30,33)(H,38,39)(H4,25,26,27)/t13-,14-,15-,16-/m0/s1. The SMILES string of the molecule is C[C@H](NC(=O)[C@H](CCCN=C(N)N)NC(=O)CN)C(=O)NCC(=O)N1CCC[C@H]1C(=O)N1CCC[C@H]1C(=O)O. The highest BCUT2D eigenvalue weighted by Crippen LogP contribution is 2.25. The number of carboxylic acids is 1. The molecule has 2 aliphatic rings. The molecule has 0 spiro atoms. The molecule has 16 heteroatoms. The maximum atomic E-state index is 13.0. The third-order valence-electron chi connectivity index (χ3n) is 6.63. The smallest absolute Gasteiger partial charge is 0.326 e. The normalized spacial score (nSPS) is 20.1. The monoisotopic (exact) mass is 553 g/mol. The number of aliphatic imine (C=N–C) groups is 1. The third kappa shape index (κ3) is 9.08. The number of likely N-dealkylation sites (tertiary alicyclic amines) is 2. The number of rotatable bonds is 13. The summed E-state index contributed by atoms with van der Waals surface area (Å²) >= 11 is 0. The zero-order valence-electron chi connectivity index (χ0n) is 22.1. The van der Waals surface area contributed by atoms with Crippen LogP contribution >= 0.6 is 0 Å². The van der Waals surface area contributed by atoms with E-state index in [9.17, 15) is 33.9 Å². The number of hydrogen-bond donors (Lipinski definition) is 7. The van der Waals surface area contributed by atoms with Crippen LogP contribution in [-0.2, 0) is 28.8 Å². The molecular formula is C23H39N9O7. The van der Waals surface area contributed by atoms with Gasteiger partial charge in [-0.2, -0.15) is 0 Å². The molecule has 0 aromatic carbocycles. The fourth-order valence-electron chi connectivity index (χ4n) is 4.62. The minimum Gasteiger partial charge on any atom is -0.480 e. The van der Waals surface area contributed by atoms with Crippen molar-refractivity contribution in [1.29, 1.82) is 0 Å². The average molecular weight is 554 g/mol. The Morgan fingerprint density at radius 2 is 1.62 bits per heavy atom. The number of hydrogen-bond acceptors (Lipinski definition) is 8. The Labute approximate surface area is 226 Å². The molecule has 0 saturated carbocycles. The summed E-state index contributed by atoms with van der Waals surface area (Å²) in [6.07, 6.45) is 2.49. The second kappa shape index (κ2) is 14.8. The van der Waals surface area contributed by atoms with Gasteiger partial charge < -0.3 is 48.1 Å². The summed E-state index contributed by atoms with van der Waals surface area (Å²) in [6, 6.07) is -3.71. The molecule has 0 bridgehead atoms. The van der Waals surface area contributed by atoms with Gasteiger partial charge in [0, 0.05) is 19.6 Å². The minimum absolute atomic E-state index is 0.105. The first kappa shape index (κ1) is 31.3. The predicted molar refractivity (Wildman–Crippen MR) is 139 cm³/mol. The van der Waals surface area contributed by atoms with E-state index in [2.05, 4.69) is 20.9 Å². The number of amides is 5. The van der Waals surface area contributed by atoms with Gasteiger partial charge in [0.25, 0.3) is 0 Å². The number of aliphatic carboxylic acids is 1. The lowest BCUT2D eigenvalue weighted by atomic mass is 10.1. The maximum absolute atomic E-state index is 13.0. The van der Waals surface area contributed by atoms with Crippen LogP contribution in [0.15, 0.2) is 4.99 Å². The molecule has 218 valence electrons. The lowest BCUT2D eigenvalue weighted by molar-refractivity contribution is -0.151. The van der Waals surface area contributed by atoms with E-state index in [1.165, 1.54) is 16.7 Å². The van der Waals surface area contributed by atoms with Crippen molar-refractivity contribution in [3.63, 3.8) is 0 Å². The van der Waals surface area contributed by atoms with Crippen LogP contribution in [0.5, 0.6) is 0 Å². The van der Waals surface area contributed by atoms with E-state index in [0.29, 0.717) is 45.2 Å². The average Bonchev–Trinajstić information content (AvgIpc) is 3.58. The predicted octanol–water partition coefficient (Wildman–Crippen LogP) is -3.83. The molecule has 10 N–H and O–H groups in total. The van der Waals surface area contributed by atoms with E-state index in [0.717, 1.165) is 0 Å². The van der Waals surface area contributed by atoms with Crippen molar-refractivity contribution >= 4 is 41.5 Å². The van der Waals surface area contributed by atoms with Gasteiger partial charge in [-0.3, -0.25) is 29.0 Å². The second-order valence-electron chi connectivity index (χ2n) is 9.49. The molecule has 0 aliphatic carbocycles. The number of guanidine groups is 1. The summed E-state index contributed by atoms with van der Waals surface area (Å²) < 4.78 is 0. The Hall–Kier alpha value is -3.95. The van der Waals surface area contributed by atoms with Crippen molar-refractivity contribution in [2.45, 2.75) is 69.6 Å². The number of nitrogens with two attached hydrogens (primary N) is 3. The lowest BCUT2D eigenvalue weighted by Gasteiger charge is -2.30. The van der Waals surface area contributed by atoms with E-state index >= 15 is 0 Å². The van der Waals surface area contributed by atoms with Crippen LogP contribution in [0, 0.1) is 0 Å². The van der Waals surface area contributed by atoms with Gasteiger partial charge in [0.2, 0.25) is 29.5 Å². The highest BCUT2D eigenvalue weighted by atomic mass is 16.4. The number of carbonyl (C=O) groups is 6. The fraction of sp³-hybridized carbons (Fsp3) is 0.696. The Morgan fingerprint density at radius 3 is 2.23 bits per heavy atom. The van der Waals surface area contributed by atoms with Gasteiger partial charge >= 0.3 is 5.97 Å². The van der Waals surface area contributed by atoms with Gasteiger partial charge in [0.15, 0.2) is 5.96 Å². The first-order valence-electron chi connectivity index (χ1n) is 12.9. The largest absolute Gasteiger partial charge is 0.480 e. The number of carbonyl (C=O) groups excluding carboxylic acids is 5. The molecule has 2 saturated heterocycles. The molecule has 39 heavy (non-hydrogen) atoms. The Balaban J connectivity index is 1.90. The van der Waals surface area contributed by atoms with Crippen LogP contribution in [0.1, 0.15) is 45.4 Å². The zero-order valence-corrected chi connectivity index (χ0v) is 22.1. The van der Waals surface area contributed by atoms with E-state index < -0.39 is 66.2 Å². The van der Waals surface area contributed by atoms with Crippen LogP contribution in [0.3, 0.4) is 0 Å². The van der Waals surface area contributed by atoms with E-state index in [1.54, 1.807) is 0 Å². The number of nitrogens with one attached hydrogen (secondary N) is 3. The fourth-order valence-corrected chi connectivity index (χ4v) is 4.62. The molecule has 5 amide bonds. The highest BCUT2D eigenvalue weighted by molar-refractivity contribution is 5.95. The molecular weight excluding hydrogens is 514 g/mol. The summed E-state index contributed by atoms with van der Waals surface area (Å²) in [6.45, 7) is 1.55. The maximum Gasteiger partial charge on any atom is 0.326 e. The van der Waals surface area contributed by atoms with Gasteiger partial charge in [-0.1, -0.05) is 0 Å². The Bertz CT molecular complexity index is 970. The summed E-state index contributed by atoms with van der Waals surface area (Å²) in [7, 11) is 0. The van der Waals surface area contributed by atoms with Crippen LogP contribution in [-0.4, -0.2) is 113 Å². The van der Waals surface area contributed by atoms with Gasteiger partial charge in [0.05, 0.1) is 13.1 Å². The molecule has 2 fully saturated rings.